The highest BCUT2D eigenvalue weighted by molar-refractivity contribution is 7.86. The summed E-state index contributed by atoms with van der Waals surface area (Å²) in [5.74, 6) is -0.281. The van der Waals surface area contributed by atoms with Crippen LogP contribution in [0, 0.1) is 5.82 Å². The molecule has 1 aliphatic rings. The summed E-state index contributed by atoms with van der Waals surface area (Å²) in [4.78, 5) is 0. The van der Waals surface area contributed by atoms with E-state index in [9.17, 15) is 12.8 Å². The monoisotopic (exact) mass is 256 g/mol. The number of nitrogens with zero attached hydrogens (tertiary/aromatic N) is 1. The molecule has 0 atom stereocenters. The Labute approximate surface area is 99.7 Å². The molecule has 4 nitrogen and oxygen atoms in total. The van der Waals surface area contributed by atoms with Crippen LogP contribution in [-0.4, -0.2) is 25.8 Å². The summed E-state index contributed by atoms with van der Waals surface area (Å²) < 4.78 is 36.2. The number of benzene rings is 1. The average molecular weight is 256 g/mol. The summed E-state index contributed by atoms with van der Waals surface area (Å²) in [6.07, 6.45) is 2.39. The Hall–Kier alpha value is -1.24. The highest BCUT2D eigenvalue weighted by Gasteiger charge is 2.20. The summed E-state index contributed by atoms with van der Waals surface area (Å²) >= 11 is 0. The smallest absolute Gasteiger partial charge is 0.216 e. The minimum Gasteiger partial charge on any atom is -0.216 e. The molecule has 0 amide bonds. The van der Waals surface area contributed by atoms with E-state index < -0.39 is 10.2 Å². The SMILES string of the molecule is NS(=O)(=O)N1CC=C(c2ccc(F)cc2)CC1. The zero-order chi connectivity index (χ0) is 12.5. The summed E-state index contributed by atoms with van der Waals surface area (Å²) in [5, 5.41) is 5.03. The Kier molecular flexibility index (Phi) is 3.28. The minimum atomic E-state index is -3.61. The first-order chi connectivity index (χ1) is 7.97. The van der Waals surface area contributed by atoms with Crippen molar-refractivity contribution in [3.63, 3.8) is 0 Å². The van der Waals surface area contributed by atoms with E-state index in [4.69, 9.17) is 5.14 Å². The van der Waals surface area contributed by atoms with Gasteiger partial charge in [-0.1, -0.05) is 18.2 Å². The van der Waals surface area contributed by atoms with Gasteiger partial charge >= 0.3 is 0 Å². The number of hydrogen-bond donors (Lipinski definition) is 1. The summed E-state index contributed by atoms with van der Waals surface area (Å²) in [5.41, 5.74) is 1.94. The molecule has 0 saturated carbocycles. The fourth-order valence-electron chi connectivity index (χ4n) is 1.81. The largest absolute Gasteiger partial charge is 0.277 e. The van der Waals surface area contributed by atoms with Gasteiger partial charge in [-0.15, -0.1) is 0 Å². The van der Waals surface area contributed by atoms with Crippen LogP contribution in [0.4, 0.5) is 4.39 Å². The molecule has 17 heavy (non-hydrogen) atoms. The maximum Gasteiger partial charge on any atom is 0.277 e. The molecule has 92 valence electrons. The van der Waals surface area contributed by atoms with E-state index in [-0.39, 0.29) is 12.4 Å². The lowest BCUT2D eigenvalue weighted by Crippen LogP contribution is -2.39. The maximum atomic E-state index is 12.7. The minimum absolute atomic E-state index is 0.269. The third-order valence-corrected chi connectivity index (χ3v) is 3.80. The number of nitrogens with two attached hydrogens (primary N) is 1. The lowest BCUT2D eigenvalue weighted by molar-refractivity contribution is 0.442. The van der Waals surface area contributed by atoms with E-state index >= 15 is 0 Å². The molecule has 2 N–H and O–H groups in total. The van der Waals surface area contributed by atoms with Crippen LogP contribution >= 0.6 is 0 Å². The Morgan fingerprint density at radius 1 is 1.24 bits per heavy atom. The normalized spacial score (nSPS) is 17.9. The molecule has 1 aromatic rings. The van der Waals surface area contributed by atoms with Crippen LogP contribution in [0.15, 0.2) is 30.3 Å². The summed E-state index contributed by atoms with van der Waals surface area (Å²) in [7, 11) is -3.61. The van der Waals surface area contributed by atoms with E-state index in [0.717, 1.165) is 11.1 Å². The first-order valence-corrected chi connectivity index (χ1v) is 6.70. The second-order valence-corrected chi connectivity index (χ2v) is 5.44. The van der Waals surface area contributed by atoms with Crippen LogP contribution in [0.1, 0.15) is 12.0 Å². The molecule has 0 unspecified atom stereocenters. The van der Waals surface area contributed by atoms with Gasteiger partial charge in [0.05, 0.1) is 0 Å². The topological polar surface area (TPSA) is 63.4 Å². The van der Waals surface area contributed by atoms with Gasteiger partial charge in [-0.3, -0.25) is 0 Å². The highest BCUT2D eigenvalue weighted by Crippen LogP contribution is 2.23. The third kappa shape index (κ3) is 2.91. The van der Waals surface area contributed by atoms with Crippen LogP contribution in [0.2, 0.25) is 0 Å². The van der Waals surface area contributed by atoms with Gasteiger partial charge in [-0.2, -0.15) is 12.7 Å². The molecule has 6 heteroatoms. The number of halogens is 1. The average Bonchev–Trinajstić information content (AvgIpc) is 2.29. The number of hydrogen-bond acceptors (Lipinski definition) is 2. The fourth-order valence-corrected chi connectivity index (χ4v) is 2.44. The molecule has 0 spiro atoms. The van der Waals surface area contributed by atoms with Crippen LogP contribution in [0.25, 0.3) is 5.57 Å². The Morgan fingerprint density at radius 2 is 1.88 bits per heavy atom. The Morgan fingerprint density at radius 3 is 2.35 bits per heavy atom. The molecule has 0 saturated heterocycles. The van der Waals surface area contributed by atoms with Gasteiger partial charge in [0.15, 0.2) is 0 Å². The molecule has 0 fully saturated rings. The molecule has 0 bridgehead atoms. The van der Waals surface area contributed by atoms with Crippen LogP contribution < -0.4 is 5.14 Å². The Bertz CT molecular complexity index is 537. The molecular weight excluding hydrogens is 243 g/mol. The van der Waals surface area contributed by atoms with Crippen LogP contribution in [0.5, 0.6) is 0 Å². The summed E-state index contributed by atoms with van der Waals surface area (Å²) in [6, 6.07) is 6.16. The van der Waals surface area contributed by atoms with Crippen molar-refractivity contribution in [2.24, 2.45) is 5.14 Å². The van der Waals surface area contributed by atoms with Crippen molar-refractivity contribution in [2.75, 3.05) is 13.1 Å². The lowest BCUT2D eigenvalue weighted by atomic mass is 10.0. The van der Waals surface area contributed by atoms with E-state index in [1.165, 1.54) is 16.4 Å². The van der Waals surface area contributed by atoms with Crippen molar-refractivity contribution in [2.45, 2.75) is 6.42 Å². The van der Waals surface area contributed by atoms with Crippen molar-refractivity contribution >= 4 is 15.8 Å². The van der Waals surface area contributed by atoms with E-state index in [1.807, 2.05) is 0 Å². The van der Waals surface area contributed by atoms with Crippen molar-refractivity contribution < 1.29 is 12.8 Å². The first kappa shape index (κ1) is 12.2. The third-order valence-electron chi connectivity index (χ3n) is 2.75. The molecule has 0 aromatic heterocycles. The van der Waals surface area contributed by atoms with Crippen molar-refractivity contribution in [3.05, 3.63) is 41.7 Å². The van der Waals surface area contributed by atoms with Gasteiger partial charge in [0, 0.05) is 13.1 Å². The molecular formula is C11H13FN2O2S. The first-order valence-electron chi connectivity index (χ1n) is 5.19. The number of rotatable bonds is 2. The van der Waals surface area contributed by atoms with E-state index in [0.29, 0.717) is 13.0 Å². The zero-order valence-corrected chi connectivity index (χ0v) is 9.95. The van der Waals surface area contributed by atoms with Crippen LogP contribution in [0.3, 0.4) is 0 Å². The molecule has 1 aromatic carbocycles. The summed E-state index contributed by atoms with van der Waals surface area (Å²) in [6.45, 7) is 0.633. The van der Waals surface area contributed by atoms with Gasteiger partial charge < -0.3 is 0 Å². The van der Waals surface area contributed by atoms with Crippen molar-refractivity contribution in [3.8, 4) is 0 Å². The quantitative estimate of drug-likeness (QED) is 0.861. The second kappa shape index (κ2) is 4.56. The van der Waals surface area contributed by atoms with Crippen molar-refractivity contribution in [1.82, 2.24) is 4.31 Å². The van der Waals surface area contributed by atoms with Gasteiger partial charge in [0.1, 0.15) is 5.82 Å². The van der Waals surface area contributed by atoms with E-state index in [2.05, 4.69) is 0 Å². The maximum absolute atomic E-state index is 12.7. The highest BCUT2D eigenvalue weighted by atomic mass is 32.2. The van der Waals surface area contributed by atoms with Gasteiger partial charge in [-0.25, -0.2) is 9.53 Å². The predicted octanol–water partition coefficient (Wildman–Crippen LogP) is 1.12. The lowest BCUT2D eigenvalue weighted by Gasteiger charge is -2.23. The standard InChI is InChI=1S/C11H13FN2O2S/c12-11-3-1-9(2-4-11)10-5-7-14(8-6-10)17(13,15)16/h1-5H,6-8H2,(H2,13,15,16). The van der Waals surface area contributed by atoms with Gasteiger partial charge in [0.2, 0.25) is 0 Å². The molecule has 2 rings (SSSR count). The Balaban J connectivity index is 2.16. The fraction of sp³-hybridized carbons (Fsp3) is 0.273. The molecule has 0 radical (unpaired) electrons. The van der Waals surface area contributed by atoms with Crippen molar-refractivity contribution in [1.29, 1.82) is 0 Å². The molecule has 0 aliphatic carbocycles. The molecule has 1 heterocycles. The van der Waals surface area contributed by atoms with Gasteiger partial charge in [0.25, 0.3) is 10.2 Å². The predicted molar refractivity (Wildman–Crippen MR) is 63.7 cm³/mol. The van der Waals surface area contributed by atoms with E-state index in [1.54, 1.807) is 18.2 Å². The van der Waals surface area contributed by atoms with Crippen LogP contribution in [-0.2, 0) is 10.2 Å². The second-order valence-electron chi connectivity index (χ2n) is 3.89. The molecule has 1 aliphatic heterocycles. The zero-order valence-electron chi connectivity index (χ0n) is 9.14. The van der Waals surface area contributed by atoms with Gasteiger partial charge in [-0.05, 0) is 29.7 Å².